The summed E-state index contributed by atoms with van der Waals surface area (Å²) in [6.45, 7) is 3.49. The Balaban J connectivity index is 3.42. The lowest BCUT2D eigenvalue weighted by molar-refractivity contribution is 0.0995. The van der Waals surface area contributed by atoms with E-state index in [1.807, 2.05) is 6.07 Å². The van der Waals surface area contributed by atoms with E-state index in [1.54, 1.807) is 13.8 Å². The topological polar surface area (TPSA) is 79.8 Å². The maximum Gasteiger partial charge on any atom is 0.267 e. The molecule has 0 aliphatic rings. The van der Waals surface area contributed by atoms with Gasteiger partial charge in [-0.2, -0.15) is 5.26 Å². The van der Waals surface area contributed by atoms with Crippen molar-refractivity contribution in [2.45, 2.75) is 13.8 Å². The molecule has 13 heavy (non-hydrogen) atoms. The molecule has 1 rings (SSSR count). The van der Waals surface area contributed by atoms with Crippen LogP contribution in [0, 0.1) is 25.2 Å². The molecular formula is C9H9N3O. The number of hydrogen-bond donors (Lipinski definition) is 1. The standard InChI is InChI=1S/C9H9N3O/c1-5-6(2)8(9(11)13)12-4-7(5)3-10/h4H,1-2H3,(H2,11,13). The van der Waals surface area contributed by atoms with E-state index in [-0.39, 0.29) is 5.69 Å². The lowest BCUT2D eigenvalue weighted by Crippen LogP contribution is -2.15. The zero-order valence-corrected chi connectivity index (χ0v) is 7.46. The molecule has 1 amide bonds. The monoisotopic (exact) mass is 175 g/mol. The summed E-state index contributed by atoms with van der Waals surface area (Å²) in [6, 6.07) is 1.99. The van der Waals surface area contributed by atoms with Gasteiger partial charge in [0, 0.05) is 6.20 Å². The Hall–Kier alpha value is -1.89. The highest BCUT2D eigenvalue weighted by Crippen LogP contribution is 2.13. The summed E-state index contributed by atoms with van der Waals surface area (Å²) in [5.74, 6) is -0.565. The third kappa shape index (κ3) is 1.49. The summed E-state index contributed by atoms with van der Waals surface area (Å²) in [7, 11) is 0. The first-order valence-corrected chi connectivity index (χ1v) is 3.74. The van der Waals surface area contributed by atoms with Gasteiger partial charge in [-0.05, 0) is 25.0 Å². The molecule has 0 radical (unpaired) electrons. The van der Waals surface area contributed by atoms with Crippen LogP contribution >= 0.6 is 0 Å². The highest BCUT2D eigenvalue weighted by atomic mass is 16.1. The Bertz CT molecular complexity index is 404. The molecule has 0 spiro atoms. The van der Waals surface area contributed by atoms with Crippen molar-refractivity contribution in [2.75, 3.05) is 0 Å². The molecule has 0 saturated heterocycles. The molecule has 2 N–H and O–H groups in total. The van der Waals surface area contributed by atoms with Gasteiger partial charge in [0.25, 0.3) is 5.91 Å². The number of aromatic nitrogens is 1. The number of nitrogens with zero attached hydrogens (tertiary/aromatic N) is 2. The quantitative estimate of drug-likeness (QED) is 0.681. The van der Waals surface area contributed by atoms with Gasteiger partial charge in [-0.25, -0.2) is 4.98 Å². The fourth-order valence-electron chi connectivity index (χ4n) is 1.06. The van der Waals surface area contributed by atoms with Gasteiger partial charge >= 0.3 is 0 Å². The fraction of sp³-hybridized carbons (Fsp3) is 0.222. The third-order valence-electron chi connectivity index (χ3n) is 2.00. The first-order valence-electron chi connectivity index (χ1n) is 3.74. The van der Waals surface area contributed by atoms with Crippen LogP contribution in [0.3, 0.4) is 0 Å². The predicted molar refractivity (Wildman–Crippen MR) is 46.9 cm³/mol. The third-order valence-corrected chi connectivity index (χ3v) is 2.00. The van der Waals surface area contributed by atoms with Crippen molar-refractivity contribution in [1.29, 1.82) is 5.26 Å². The lowest BCUT2D eigenvalue weighted by Gasteiger charge is -2.04. The minimum atomic E-state index is -0.565. The van der Waals surface area contributed by atoms with Crippen LogP contribution in [0.25, 0.3) is 0 Å². The maximum absolute atomic E-state index is 10.9. The van der Waals surface area contributed by atoms with Crippen molar-refractivity contribution < 1.29 is 4.79 Å². The van der Waals surface area contributed by atoms with Gasteiger partial charge in [-0.15, -0.1) is 0 Å². The van der Waals surface area contributed by atoms with E-state index in [0.717, 1.165) is 5.56 Å². The Morgan fingerprint density at radius 1 is 1.54 bits per heavy atom. The van der Waals surface area contributed by atoms with E-state index in [1.165, 1.54) is 6.20 Å². The molecule has 1 aromatic rings. The van der Waals surface area contributed by atoms with Gasteiger partial charge in [0.2, 0.25) is 0 Å². The second-order valence-corrected chi connectivity index (χ2v) is 2.75. The average Bonchev–Trinajstić information content (AvgIpc) is 2.09. The van der Waals surface area contributed by atoms with Gasteiger partial charge in [0.15, 0.2) is 0 Å². The number of amides is 1. The smallest absolute Gasteiger partial charge is 0.267 e. The van der Waals surface area contributed by atoms with Crippen molar-refractivity contribution in [3.63, 3.8) is 0 Å². The van der Waals surface area contributed by atoms with Gasteiger partial charge in [-0.1, -0.05) is 0 Å². The molecule has 0 aromatic carbocycles. The minimum Gasteiger partial charge on any atom is -0.364 e. The highest BCUT2D eigenvalue weighted by Gasteiger charge is 2.10. The van der Waals surface area contributed by atoms with Crippen LogP contribution in [0.1, 0.15) is 27.2 Å². The average molecular weight is 175 g/mol. The van der Waals surface area contributed by atoms with Crippen LogP contribution in [0.2, 0.25) is 0 Å². The summed E-state index contributed by atoms with van der Waals surface area (Å²) in [6.07, 6.45) is 1.36. The number of hydrogen-bond acceptors (Lipinski definition) is 3. The Morgan fingerprint density at radius 3 is 2.62 bits per heavy atom. The van der Waals surface area contributed by atoms with Crippen LogP contribution in [-0.4, -0.2) is 10.9 Å². The summed E-state index contributed by atoms with van der Waals surface area (Å²) in [4.78, 5) is 14.7. The van der Waals surface area contributed by atoms with Crippen molar-refractivity contribution in [3.05, 3.63) is 28.6 Å². The summed E-state index contributed by atoms with van der Waals surface area (Å²) >= 11 is 0. The van der Waals surface area contributed by atoms with Gasteiger partial charge in [-0.3, -0.25) is 4.79 Å². The van der Waals surface area contributed by atoms with E-state index in [4.69, 9.17) is 11.0 Å². The number of nitriles is 1. The first kappa shape index (κ1) is 9.20. The molecule has 4 heteroatoms. The zero-order valence-electron chi connectivity index (χ0n) is 7.46. The van der Waals surface area contributed by atoms with E-state index >= 15 is 0 Å². The fourth-order valence-corrected chi connectivity index (χ4v) is 1.06. The lowest BCUT2D eigenvalue weighted by atomic mass is 10.0. The van der Waals surface area contributed by atoms with Crippen LogP contribution < -0.4 is 5.73 Å². The first-order chi connectivity index (χ1) is 6.07. The summed E-state index contributed by atoms with van der Waals surface area (Å²) in [5, 5.41) is 8.67. The van der Waals surface area contributed by atoms with Gasteiger partial charge < -0.3 is 5.73 Å². The second kappa shape index (κ2) is 3.23. The molecule has 66 valence electrons. The van der Waals surface area contributed by atoms with Crippen molar-refractivity contribution in [1.82, 2.24) is 4.98 Å². The normalized spacial score (nSPS) is 9.31. The van der Waals surface area contributed by atoms with Crippen molar-refractivity contribution in [3.8, 4) is 6.07 Å². The van der Waals surface area contributed by atoms with Crippen molar-refractivity contribution in [2.24, 2.45) is 5.73 Å². The van der Waals surface area contributed by atoms with E-state index in [0.29, 0.717) is 11.1 Å². The summed E-state index contributed by atoms with van der Waals surface area (Å²) < 4.78 is 0. The molecule has 0 fully saturated rings. The van der Waals surface area contributed by atoms with Crippen LogP contribution in [-0.2, 0) is 0 Å². The SMILES string of the molecule is Cc1c(C#N)cnc(C(N)=O)c1C. The Labute approximate surface area is 76.0 Å². The second-order valence-electron chi connectivity index (χ2n) is 2.75. The number of rotatable bonds is 1. The molecule has 0 atom stereocenters. The predicted octanol–water partition coefficient (Wildman–Crippen LogP) is 0.669. The van der Waals surface area contributed by atoms with Crippen LogP contribution in [0.5, 0.6) is 0 Å². The van der Waals surface area contributed by atoms with Gasteiger partial charge in [0.05, 0.1) is 5.56 Å². The number of carbonyl (C=O) groups is 1. The zero-order chi connectivity index (χ0) is 10.0. The number of primary amides is 1. The molecular weight excluding hydrogens is 166 g/mol. The van der Waals surface area contributed by atoms with Crippen LogP contribution in [0.15, 0.2) is 6.20 Å². The molecule has 0 bridgehead atoms. The minimum absolute atomic E-state index is 0.233. The number of carbonyl (C=O) groups excluding carboxylic acids is 1. The van der Waals surface area contributed by atoms with Gasteiger partial charge in [0.1, 0.15) is 11.8 Å². The van der Waals surface area contributed by atoms with Crippen molar-refractivity contribution >= 4 is 5.91 Å². The largest absolute Gasteiger partial charge is 0.364 e. The Kier molecular flexibility index (Phi) is 2.29. The van der Waals surface area contributed by atoms with E-state index < -0.39 is 5.91 Å². The van der Waals surface area contributed by atoms with Crippen LogP contribution in [0.4, 0.5) is 0 Å². The summed E-state index contributed by atoms with van der Waals surface area (Å²) in [5.41, 5.74) is 7.23. The number of pyridine rings is 1. The molecule has 4 nitrogen and oxygen atoms in total. The molecule has 1 heterocycles. The highest BCUT2D eigenvalue weighted by molar-refractivity contribution is 5.92. The molecule has 0 unspecified atom stereocenters. The Morgan fingerprint density at radius 2 is 2.15 bits per heavy atom. The van der Waals surface area contributed by atoms with E-state index in [2.05, 4.69) is 4.98 Å². The molecule has 0 aliphatic carbocycles. The number of nitrogens with two attached hydrogens (primary N) is 1. The molecule has 0 aliphatic heterocycles. The molecule has 0 saturated carbocycles. The van der Waals surface area contributed by atoms with E-state index in [9.17, 15) is 4.79 Å². The molecule has 1 aromatic heterocycles. The maximum atomic E-state index is 10.9.